The first-order valence-corrected chi connectivity index (χ1v) is 11.7. The van der Waals surface area contributed by atoms with E-state index in [9.17, 15) is 14.4 Å². The highest BCUT2D eigenvalue weighted by atomic mass is 16.5. The summed E-state index contributed by atoms with van der Waals surface area (Å²) < 4.78 is 5.65. The number of benzene rings is 3. The van der Waals surface area contributed by atoms with Crippen molar-refractivity contribution in [1.29, 1.82) is 0 Å². The van der Waals surface area contributed by atoms with Crippen molar-refractivity contribution in [3.8, 4) is 11.1 Å². The molecule has 3 aromatic rings. The summed E-state index contributed by atoms with van der Waals surface area (Å²) in [6.07, 6.45) is 0.0476. The van der Waals surface area contributed by atoms with E-state index in [1.54, 1.807) is 0 Å². The molecule has 0 aliphatic heterocycles. The summed E-state index contributed by atoms with van der Waals surface area (Å²) in [7, 11) is 0. The molecular formula is C28H28N2O5. The number of aromatic carboxylic acids is 1. The molecule has 2 amide bonds. The van der Waals surface area contributed by atoms with Crippen molar-refractivity contribution in [3.05, 3.63) is 89.5 Å². The summed E-state index contributed by atoms with van der Waals surface area (Å²) in [6, 6.07) is 22.0. The molecule has 0 bridgehead atoms. The molecule has 4 rings (SSSR count). The van der Waals surface area contributed by atoms with Crippen LogP contribution in [-0.4, -0.2) is 35.2 Å². The molecule has 0 unspecified atom stereocenters. The number of hydrogen-bond acceptors (Lipinski definition) is 4. The zero-order valence-corrected chi connectivity index (χ0v) is 19.7. The molecule has 3 aromatic carbocycles. The first-order chi connectivity index (χ1) is 16.9. The van der Waals surface area contributed by atoms with Crippen molar-refractivity contribution in [3.63, 3.8) is 0 Å². The molecule has 0 radical (unpaired) electrons. The average Bonchev–Trinajstić information content (AvgIpc) is 3.20. The van der Waals surface area contributed by atoms with E-state index in [4.69, 9.17) is 9.84 Å². The van der Waals surface area contributed by atoms with Crippen LogP contribution in [0.2, 0.25) is 0 Å². The molecule has 0 aromatic heterocycles. The number of fused-ring (bicyclic) bond motifs is 3. The van der Waals surface area contributed by atoms with Crippen molar-refractivity contribution >= 4 is 23.7 Å². The van der Waals surface area contributed by atoms with E-state index in [-0.39, 0.29) is 24.0 Å². The number of nitrogens with one attached hydrogen (secondary N) is 2. The monoisotopic (exact) mass is 472 g/mol. The van der Waals surface area contributed by atoms with Crippen molar-refractivity contribution in [2.45, 2.75) is 38.1 Å². The zero-order valence-electron chi connectivity index (χ0n) is 19.7. The summed E-state index contributed by atoms with van der Waals surface area (Å²) >= 11 is 0. The molecule has 1 aliphatic carbocycles. The largest absolute Gasteiger partial charge is 0.478 e. The second-order valence-corrected chi connectivity index (χ2v) is 8.58. The van der Waals surface area contributed by atoms with Gasteiger partial charge in [0.25, 0.3) is 0 Å². The fourth-order valence-electron chi connectivity index (χ4n) is 4.58. The number of rotatable bonds is 8. The summed E-state index contributed by atoms with van der Waals surface area (Å²) in [4.78, 5) is 37.0. The van der Waals surface area contributed by atoms with Gasteiger partial charge in [-0.2, -0.15) is 0 Å². The first kappa shape index (κ1) is 24.0. The van der Waals surface area contributed by atoms with Crippen LogP contribution in [0.5, 0.6) is 0 Å². The van der Waals surface area contributed by atoms with Gasteiger partial charge in [-0.3, -0.25) is 4.79 Å². The van der Waals surface area contributed by atoms with E-state index in [0.29, 0.717) is 18.5 Å². The predicted molar refractivity (Wildman–Crippen MR) is 134 cm³/mol. The molecule has 0 fully saturated rings. The Morgan fingerprint density at radius 1 is 0.857 bits per heavy atom. The molecule has 180 valence electrons. The highest BCUT2D eigenvalue weighted by Crippen LogP contribution is 2.44. The van der Waals surface area contributed by atoms with Gasteiger partial charge in [-0.25, -0.2) is 9.59 Å². The Bertz CT molecular complexity index is 1200. The molecule has 7 nitrogen and oxygen atoms in total. The molecule has 35 heavy (non-hydrogen) atoms. The third kappa shape index (κ3) is 4.75. The Labute approximate surface area is 204 Å². The second-order valence-electron chi connectivity index (χ2n) is 8.58. The van der Waals surface area contributed by atoms with Gasteiger partial charge >= 0.3 is 12.1 Å². The van der Waals surface area contributed by atoms with E-state index in [2.05, 4.69) is 22.8 Å². The van der Waals surface area contributed by atoms with Crippen molar-refractivity contribution in [2.75, 3.05) is 11.9 Å². The third-order valence-electron chi connectivity index (χ3n) is 6.72. The Morgan fingerprint density at radius 2 is 1.40 bits per heavy atom. The van der Waals surface area contributed by atoms with Crippen LogP contribution in [0.3, 0.4) is 0 Å². The lowest BCUT2D eigenvalue weighted by atomic mass is 9.91. The SMILES string of the molecule is CCC(CC)(NC(=O)OCC1c2ccccc2-c2ccccc21)C(=O)Nc1ccc(C(=O)O)cc1. The first-order valence-electron chi connectivity index (χ1n) is 11.7. The average molecular weight is 473 g/mol. The quantitative estimate of drug-likeness (QED) is 0.406. The zero-order chi connectivity index (χ0) is 25.0. The number of amides is 2. The van der Waals surface area contributed by atoms with Crippen molar-refractivity contribution in [1.82, 2.24) is 5.32 Å². The third-order valence-corrected chi connectivity index (χ3v) is 6.72. The fraction of sp³-hybridized carbons (Fsp3) is 0.250. The van der Waals surface area contributed by atoms with Crippen LogP contribution in [0.1, 0.15) is 54.1 Å². The highest BCUT2D eigenvalue weighted by molar-refractivity contribution is 6.00. The highest BCUT2D eigenvalue weighted by Gasteiger charge is 2.38. The molecular weight excluding hydrogens is 444 g/mol. The van der Waals surface area contributed by atoms with Crippen molar-refractivity contribution in [2.24, 2.45) is 0 Å². The van der Waals surface area contributed by atoms with Crippen molar-refractivity contribution < 1.29 is 24.2 Å². The standard InChI is InChI=1S/C28H28N2O5/c1-3-28(4-2,26(33)29-19-15-13-18(14-16-19)25(31)32)30-27(34)35-17-24-22-11-7-5-9-20(22)21-10-6-8-12-23(21)24/h5-16,24H,3-4,17H2,1-2H3,(H,29,33)(H,30,34)(H,31,32). The number of carbonyl (C=O) groups excluding carboxylic acids is 2. The van der Waals surface area contributed by atoms with Gasteiger partial charge in [0.2, 0.25) is 5.91 Å². The maximum atomic E-state index is 13.1. The Kier molecular flexibility index (Phi) is 6.87. The van der Waals surface area contributed by atoms with Gasteiger partial charge in [-0.05, 0) is 59.4 Å². The number of anilines is 1. The molecule has 0 heterocycles. The number of carbonyl (C=O) groups is 3. The molecule has 7 heteroatoms. The summed E-state index contributed by atoms with van der Waals surface area (Å²) in [5.74, 6) is -1.51. The molecule has 0 atom stereocenters. The minimum absolute atomic E-state index is 0.0765. The van der Waals surface area contributed by atoms with Gasteiger partial charge in [-0.15, -0.1) is 0 Å². The lowest BCUT2D eigenvalue weighted by molar-refractivity contribution is -0.122. The normalized spacial score (nSPS) is 12.4. The second kappa shape index (κ2) is 10.0. The van der Waals surface area contributed by atoms with Crippen LogP contribution in [-0.2, 0) is 9.53 Å². The van der Waals surface area contributed by atoms with Gasteiger partial charge < -0.3 is 20.5 Å². The van der Waals surface area contributed by atoms with Crippen LogP contribution in [0.4, 0.5) is 10.5 Å². The number of hydrogen-bond donors (Lipinski definition) is 3. The Morgan fingerprint density at radius 3 is 1.91 bits per heavy atom. The molecule has 0 saturated carbocycles. The number of alkyl carbamates (subject to hydrolysis) is 1. The number of carboxylic acids is 1. The lowest BCUT2D eigenvalue weighted by Crippen LogP contribution is -2.56. The van der Waals surface area contributed by atoms with Gasteiger partial charge in [0.05, 0.1) is 5.56 Å². The van der Waals surface area contributed by atoms with Gasteiger partial charge in [-0.1, -0.05) is 62.4 Å². The molecule has 0 spiro atoms. The smallest absolute Gasteiger partial charge is 0.408 e. The van der Waals surface area contributed by atoms with E-state index in [1.807, 2.05) is 50.2 Å². The molecule has 1 aliphatic rings. The summed E-state index contributed by atoms with van der Waals surface area (Å²) in [6.45, 7) is 3.79. The fourth-order valence-corrected chi connectivity index (χ4v) is 4.58. The Balaban J connectivity index is 1.44. The van der Waals surface area contributed by atoms with E-state index in [0.717, 1.165) is 22.3 Å². The summed E-state index contributed by atoms with van der Waals surface area (Å²) in [5.41, 5.74) is 3.90. The van der Waals surface area contributed by atoms with Crippen LogP contribution in [0, 0.1) is 0 Å². The molecule has 3 N–H and O–H groups in total. The minimum Gasteiger partial charge on any atom is -0.478 e. The number of ether oxygens (including phenoxy) is 1. The van der Waals surface area contributed by atoms with Crippen LogP contribution < -0.4 is 10.6 Å². The molecule has 0 saturated heterocycles. The van der Waals surface area contributed by atoms with E-state index >= 15 is 0 Å². The van der Waals surface area contributed by atoms with Gasteiger partial charge in [0.15, 0.2) is 0 Å². The predicted octanol–water partition coefficient (Wildman–Crippen LogP) is 5.42. The van der Waals surface area contributed by atoms with Gasteiger partial charge in [0.1, 0.15) is 12.1 Å². The van der Waals surface area contributed by atoms with Crippen LogP contribution in [0.25, 0.3) is 11.1 Å². The maximum absolute atomic E-state index is 13.1. The van der Waals surface area contributed by atoms with Crippen LogP contribution >= 0.6 is 0 Å². The Hall–Kier alpha value is -4.13. The van der Waals surface area contributed by atoms with Gasteiger partial charge in [0, 0.05) is 11.6 Å². The number of carboxylic acid groups (broad SMARTS) is 1. The maximum Gasteiger partial charge on any atom is 0.408 e. The summed E-state index contributed by atoms with van der Waals surface area (Å²) in [5, 5.41) is 14.6. The lowest BCUT2D eigenvalue weighted by Gasteiger charge is -2.31. The van der Waals surface area contributed by atoms with Crippen LogP contribution in [0.15, 0.2) is 72.8 Å². The minimum atomic E-state index is -1.17. The van der Waals surface area contributed by atoms with E-state index < -0.39 is 17.6 Å². The van der Waals surface area contributed by atoms with E-state index in [1.165, 1.54) is 24.3 Å². The topological polar surface area (TPSA) is 105 Å².